The van der Waals surface area contributed by atoms with Gasteiger partial charge in [0.15, 0.2) is 0 Å². The Morgan fingerprint density at radius 1 is 0.867 bits per heavy atom. The van der Waals surface area contributed by atoms with E-state index in [0.29, 0.717) is 31.9 Å². The van der Waals surface area contributed by atoms with Crippen molar-refractivity contribution in [3.63, 3.8) is 0 Å². The molecule has 1 atom stereocenters. The summed E-state index contributed by atoms with van der Waals surface area (Å²) in [6.07, 6.45) is 1.66. The van der Waals surface area contributed by atoms with Crippen LogP contribution in [-0.4, -0.2) is 67.0 Å². The van der Waals surface area contributed by atoms with Gasteiger partial charge in [-0.25, -0.2) is 0 Å². The van der Waals surface area contributed by atoms with Crippen LogP contribution < -0.4 is 5.32 Å². The van der Waals surface area contributed by atoms with Crippen LogP contribution in [0.1, 0.15) is 34.8 Å². The standard InChI is InChI=1S/C24H29N3O3/c28-23(20-9-5-2-6-10-20)25-21-11-13-26(14-12-21)22(19-7-3-1-4-8-19)24(29)27-15-17-30-18-16-27/h1-10,21-22H,11-18H2,(H,25,28). The second-order valence-electron chi connectivity index (χ2n) is 7.90. The molecular weight excluding hydrogens is 378 g/mol. The number of rotatable bonds is 5. The van der Waals surface area contributed by atoms with Crippen molar-refractivity contribution in [1.29, 1.82) is 0 Å². The third-order valence-corrected chi connectivity index (χ3v) is 5.94. The molecule has 2 aromatic rings. The molecule has 2 aromatic carbocycles. The van der Waals surface area contributed by atoms with Crippen molar-refractivity contribution in [1.82, 2.24) is 15.1 Å². The lowest BCUT2D eigenvalue weighted by molar-refractivity contribution is -0.142. The number of likely N-dealkylation sites (tertiary alicyclic amines) is 1. The van der Waals surface area contributed by atoms with Gasteiger partial charge in [-0.3, -0.25) is 14.5 Å². The van der Waals surface area contributed by atoms with Gasteiger partial charge in [-0.05, 0) is 30.5 Å². The minimum absolute atomic E-state index is 0.0296. The molecule has 6 heteroatoms. The highest BCUT2D eigenvalue weighted by Gasteiger charge is 2.34. The average molecular weight is 408 g/mol. The average Bonchev–Trinajstić information content (AvgIpc) is 2.82. The van der Waals surface area contributed by atoms with Crippen molar-refractivity contribution in [3.8, 4) is 0 Å². The number of nitrogens with one attached hydrogen (secondary N) is 1. The highest BCUT2D eigenvalue weighted by Crippen LogP contribution is 2.27. The zero-order valence-corrected chi connectivity index (χ0v) is 17.2. The number of carbonyl (C=O) groups excluding carboxylic acids is 2. The number of hydrogen-bond acceptors (Lipinski definition) is 4. The molecule has 1 N–H and O–H groups in total. The highest BCUT2D eigenvalue weighted by molar-refractivity contribution is 5.94. The SMILES string of the molecule is O=C(NC1CCN(C(C(=O)N2CCOCC2)c2ccccc2)CC1)c1ccccc1. The maximum absolute atomic E-state index is 13.4. The quantitative estimate of drug-likeness (QED) is 0.827. The maximum Gasteiger partial charge on any atom is 0.251 e. The molecule has 30 heavy (non-hydrogen) atoms. The number of carbonyl (C=O) groups is 2. The summed E-state index contributed by atoms with van der Waals surface area (Å²) in [5, 5.41) is 3.15. The van der Waals surface area contributed by atoms with Crippen LogP contribution in [0, 0.1) is 0 Å². The number of ether oxygens (including phenoxy) is 1. The van der Waals surface area contributed by atoms with Gasteiger partial charge in [-0.15, -0.1) is 0 Å². The first-order valence-corrected chi connectivity index (χ1v) is 10.7. The first kappa shape index (κ1) is 20.6. The van der Waals surface area contributed by atoms with Crippen LogP contribution in [0.2, 0.25) is 0 Å². The number of benzene rings is 2. The van der Waals surface area contributed by atoms with Gasteiger partial charge in [0.1, 0.15) is 6.04 Å². The molecule has 0 aliphatic carbocycles. The van der Waals surface area contributed by atoms with Gasteiger partial charge in [-0.2, -0.15) is 0 Å². The molecule has 0 bridgehead atoms. The number of morpholine rings is 1. The van der Waals surface area contributed by atoms with Crippen molar-refractivity contribution in [3.05, 3.63) is 71.8 Å². The fourth-order valence-electron chi connectivity index (χ4n) is 4.26. The van der Waals surface area contributed by atoms with Crippen LogP contribution >= 0.6 is 0 Å². The summed E-state index contributed by atoms with van der Waals surface area (Å²) in [7, 11) is 0. The molecule has 6 nitrogen and oxygen atoms in total. The Hall–Kier alpha value is -2.70. The van der Waals surface area contributed by atoms with Crippen LogP contribution in [0.5, 0.6) is 0 Å². The van der Waals surface area contributed by atoms with E-state index in [1.54, 1.807) is 0 Å². The Balaban J connectivity index is 1.41. The normalized spacial score (nSPS) is 19.3. The van der Waals surface area contributed by atoms with Crippen LogP contribution in [0.15, 0.2) is 60.7 Å². The lowest BCUT2D eigenvalue weighted by atomic mass is 9.97. The second-order valence-corrected chi connectivity index (χ2v) is 7.90. The van der Waals surface area contributed by atoms with E-state index in [-0.39, 0.29) is 23.9 Å². The van der Waals surface area contributed by atoms with E-state index in [4.69, 9.17) is 4.74 Å². The van der Waals surface area contributed by atoms with Crippen LogP contribution in [-0.2, 0) is 9.53 Å². The van der Waals surface area contributed by atoms with Crippen molar-refractivity contribution < 1.29 is 14.3 Å². The Morgan fingerprint density at radius 2 is 1.47 bits per heavy atom. The first-order chi connectivity index (χ1) is 14.7. The van der Waals surface area contributed by atoms with Gasteiger partial charge < -0.3 is 15.0 Å². The number of amides is 2. The topological polar surface area (TPSA) is 61.9 Å². The summed E-state index contributed by atoms with van der Waals surface area (Å²) in [4.78, 5) is 30.1. The van der Waals surface area contributed by atoms with Gasteiger partial charge in [0.05, 0.1) is 13.2 Å². The lowest BCUT2D eigenvalue weighted by Crippen LogP contribution is -2.51. The second kappa shape index (κ2) is 9.87. The molecule has 2 aliphatic heterocycles. The van der Waals surface area contributed by atoms with Gasteiger partial charge >= 0.3 is 0 Å². The van der Waals surface area contributed by atoms with Crippen molar-refractivity contribution in [2.75, 3.05) is 39.4 Å². The lowest BCUT2D eigenvalue weighted by Gasteiger charge is -2.40. The van der Waals surface area contributed by atoms with E-state index in [1.807, 2.05) is 65.6 Å². The number of hydrogen-bond donors (Lipinski definition) is 1. The maximum atomic E-state index is 13.4. The molecule has 0 saturated carbocycles. The summed E-state index contributed by atoms with van der Waals surface area (Å²) in [6.45, 7) is 4.03. The van der Waals surface area contributed by atoms with Crippen molar-refractivity contribution in [2.24, 2.45) is 0 Å². The molecule has 0 radical (unpaired) electrons. The molecule has 1 unspecified atom stereocenters. The summed E-state index contributed by atoms with van der Waals surface area (Å²) in [5.74, 6) is 0.120. The molecule has 158 valence electrons. The highest BCUT2D eigenvalue weighted by atomic mass is 16.5. The molecule has 4 rings (SSSR count). The summed E-state index contributed by atoms with van der Waals surface area (Å²) in [6, 6.07) is 19.2. The van der Waals surface area contributed by atoms with Crippen LogP contribution in [0.3, 0.4) is 0 Å². The molecule has 0 aromatic heterocycles. The van der Waals surface area contributed by atoms with E-state index in [2.05, 4.69) is 10.2 Å². The van der Waals surface area contributed by atoms with Gasteiger partial charge in [0.25, 0.3) is 5.91 Å². The number of piperidine rings is 1. The summed E-state index contributed by atoms with van der Waals surface area (Å²) in [5.41, 5.74) is 1.71. The summed E-state index contributed by atoms with van der Waals surface area (Å²) >= 11 is 0. The number of nitrogens with zero attached hydrogens (tertiary/aromatic N) is 2. The molecule has 2 saturated heterocycles. The molecule has 0 spiro atoms. The molecule has 2 heterocycles. The van der Waals surface area contributed by atoms with Gasteiger partial charge in [-0.1, -0.05) is 48.5 Å². The minimum atomic E-state index is -0.282. The third-order valence-electron chi connectivity index (χ3n) is 5.94. The van der Waals surface area contributed by atoms with E-state index >= 15 is 0 Å². The third kappa shape index (κ3) is 4.89. The van der Waals surface area contributed by atoms with E-state index in [0.717, 1.165) is 31.5 Å². The van der Waals surface area contributed by atoms with E-state index in [9.17, 15) is 9.59 Å². The predicted molar refractivity (Wildman–Crippen MR) is 115 cm³/mol. The summed E-state index contributed by atoms with van der Waals surface area (Å²) < 4.78 is 5.42. The van der Waals surface area contributed by atoms with Crippen molar-refractivity contribution in [2.45, 2.75) is 24.9 Å². The Bertz CT molecular complexity index is 829. The Morgan fingerprint density at radius 3 is 2.10 bits per heavy atom. The predicted octanol–water partition coefficient (Wildman–Crippen LogP) is 2.48. The first-order valence-electron chi connectivity index (χ1n) is 10.7. The zero-order chi connectivity index (χ0) is 20.8. The fourth-order valence-corrected chi connectivity index (χ4v) is 4.26. The van der Waals surface area contributed by atoms with Gasteiger partial charge in [0, 0.05) is 37.8 Å². The fraction of sp³-hybridized carbons (Fsp3) is 0.417. The Kier molecular flexibility index (Phi) is 6.77. The van der Waals surface area contributed by atoms with Crippen LogP contribution in [0.4, 0.5) is 0 Å². The van der Waals surface area contributed by atoms with Crippen LogP contribution in [0.25, 0.3) is 0 Å². The molecule has 2 fully saturated rings. The minimum Gasteiger partial charge on any atom is -0.378 e. The van der Waals surface area contributed by atoms with E-state index < -0.39 is 0 Å². The van der Waals surface area contributed by atoms with Crippen molar-refractivity contribution >= 4 is 11.8 Å². The largest absolute Gasteiger partial charge is 0.378 e. The molecule has 2 amide bonds. The van der Waals surface area contributed by atoms with E-state index in [1.165, 1.54) is 0 Å². The molecular formula is C24H29N3O3. The zero-order valence-electron chi connectivity index (χ0n) is 17.2. The Labute approximate surface area is 177 Å². The monoisotopic (exact) mass is 407 g/mol. The smallest absolute Gasteiger partial charge is 0.251 e. The van der Waals surface area contributed by atoms with Gasteiger partial charge in [0.2, 0.25) is 5.91 Å². The molecule has 2 aliphatic rings.